The van der Waals surface area contributed by atoms with Crippen molar-refractivity contribution in [3.8, 4) is 11.3 Å². The molecule has 0 saturated heterocycles. The minimum absolute atomic E-state index is 0.0311. The molecule has 0 unspecified atom stereocenters. The van der Waals surface area contributed by atoms with Gasteiger partial charge in [0.1, 0.15) is 10.7 Å². The molecular weight excluding hydrogens is 364 g/mol. The highest BCUT2D eigenvalue weighted by Gasteiger charge is 2.19. The quantitative estimate of drug-likeness (QED) is 0.525. The monoisotopic (exact) mass is 382 g/mol. The van der Waals surface area contributed by atoms with Crippen LogP contribution in [0.1, 0.15) is 26.6 Å². The van der Waals surface area contributed by atoms with Gasteiger partial charge in [-0.1, -0.05) is 17.7 Å². The van der Waals surface area contributed by atoms with Crippen molar-refractivity contribution in [2.75, 3.05) is 7.05 Å². The van der Waals surface area contributed by atoms with E-state index in [1.165, 1.54) is 22.5 Å². The first-order valence-corrected chi connectivity index (χ1v) is 9.97. The van der Waals surface area contributed by atoms with Crippen molar-refractivity contribution in [1.29, 1.82) is 0 Å². The smallest absolute Gasteiger partial charge is 0.271 e. The lowest BCUT2D eigenvalue weighted by Gasteiger charge is -2.14. The molecule has 0 saturated carbocycles. The summed E-state index contributed by atoms with van der Waals surface area (Å²) >= 11 is 3.04. The van der Waals surface area contributed by atoms with Crippen molar-refractivity contribution in [2.45, 2.75) is 20.4 Å². The normalized spacial score (nSPS) is 11.2. The number of amides is 1. The van der Waals surface area contributed by atoms with Crippen molar-refractivity contribution in [2.24, 2.45) is 0 Å². The van der Waals surface area contributed by atoms with Crippen LogP contribution < -0.4 is 0 Å². The summed E-state index contributed by atoms with van der Waals surface area (Å²) in [6.45, 7) is 4.66. The van der Waals surface area contributed by atoms with E-state index in [9.17, 15) is 4.79 Å². The average molecular weight is 383 g/mol. The van der Waals surface area contributed by atoms with Crippen LogP contribution in [0.4, 0.5) is 0 Å². The van der Waals surface area contributed by atoms with Gasteiger partial charge in [-0.3, -0.25) is 9.20 Å². The van der Waals surface area contributed by atoms with E-state index in [0.29, 0.717) is 12.2 Å². The van der Waals surface area contributed by atoms with Crippen LogP contribution in [0.2, 0.25) is 0 Å². The SMILES string of the molecule is Cc1ccc(C)c(-c2cn3c(C(=O)N(C)Cc4nccs4)csc3n2)c1. The molecule has 3 heterocycles. The number of hydrogen-bond donors (Lipinski definition) is 0. The Kier molecular flexibility index (Phi) is 4.34. The number of imidazole rings is 1. The fourth-order valence-corrected chi connectivity index (χ4v) is 4.40. The second-order valence-corrected chi connectivity index (χ2v) is 8.12. The van der Waals surface area contributed by atoms with Crippen LogP contribution in [0, 0.1) is 13.8 Å². The number of carbonyl (C=O) groups excluding carboxylic acids is 1. The van der Waals surface area contributed by atoms with E-state index in [1.807, 2.05) is 21.4 Å². The molecule has 7 heteroatoms. The van der Waals surface area contributed by atoms with Gasteiger partial charge in [-0.25, -0.2) is 9.97 Å². The van der Waals surface area contributed by atoms with Crippen LogP contribution in [0.5, 0.6) is 0 Å². The molecular formula is C19H18N4OS2. The minimum Gasteiger partial charge on any atom is -0.334 e. The molecule has 0 radical (unpaired) electrons. The number of carbonyl (C=O) groups is 1. The number of rotatable bonds is 4. The van der Waals surface area contributed by atoms with E-state index in [-0.39, 0.29) is 5.91 Å². The van der Waals surface area contributed by atoms with Crippen molar-refractivity contribution in [3.63, 3.8) is 0 Å². The van der Waals surface area contributed by atoms with Crippen molar-refractivity contribution >= 4 is 33.5 Å². The molecule has 3 aromatic heterocycles. The molecule has 0 aliphatic carbocycles. The summed E-state index contributed by atoms with van der Waals surface area (Å²) in [6, 6.07) is 6.34. The fourth-order valence-electron chi connectivity index (χ4n) is 2.88. The summed E-state index contributed by atoms with van der Waals surface area (Å²) < 4.78 is 1.89. The van der Waals surface area contributed by atoms with Gasteiger partial charge in [-0.05, 0) is 25.5 Å². The molecule has 0 N–H and O–H groups in total. The average Bonchev–Trinajstić information content (AvgIpc) is 3.33. The molecule has 5 nitrogen and oxygen atoms in total. The first kappa shape index (κ1) is 16.9. The van der Waals surface area contributed by atoms with Crippen LogP contribution in [-0.4, -0.2) is 32.2 Å². The molecule has 1 amide bonds. The van der Waals surface area contributed by atoms with Crippen molar-refractivity contribution in [3.05, 3.63) is 63.2 Å². The summed E-state index contributed by atoms with van der Waals surface area (Å²) in [6.07, 6.45) is 3.71. The Morgan fingerprint density at radius 3 is 2.88 bits per heavy atom. The largest absolute Gasteiger partial charge is 0.334 e. The lowest BCUT2D eigenvalue weighted by atomic mass is 10.0. The molecule has 26 heavy (non-hydrogen) atoms. The molecule has 0 aliphatic rings. The zero-order valence-corrected chi connectivity index (χ0v) is 16.4. The summed E-state index contributed by atoms with van der Waals surface area (Å²) in [5.41, 5.74) is 5.01. The Morgan fingerprint density at radius 2 is 2.12 bits per heavy atom. The molecule has 1 aromatic carbocycles. The topological polar surface area (TPSA) is 50.5 Å². The highest BCUT2D eigenvalue weighted by molar-refractivity contribution is 7.15. The maximum absolute atomic E-state index is 12.9. The Bertz CT molecular complexity index is 1080. The van der Waals surface area contributed by atoms with Gasteiger partial charge in [-0.2, -0.15) is 0 Å². The first-order valence-electron chi connectivity index (χ1n) is 8.21. The van der Waals surface area contributed by atoms with Gasteiger partial charge in [0, 0.05) is 35.8 Å². The molecule has 4 aromatic rings. The second-order valence-electron chi connectivity index (χ2n) is 6.31. The van der Waals surface area contributed by atoms with Gasteiger partial charge in [-0.15, -0.1) is 22.7 Å². The van der Waals surface area contributed by atoms with Gasteiger partial charge in [0.15, 0.2) is 4.96 Å². The van der Waals surface area contributed by atoms with Gasteiger partial charge >= 0.3 is 0 Å². The maximum atomic E-state index is 12.9. The Labute approximate surface area is 159 Å². The number of aromatic nitrogens is 3. The van der Waals surface area contributed by atoms with E-state index < -0.39 is 0 Å². The minimum atomic E-state index is -0.0311. The number of benzene rings is 1. The summed E-state index contributed by atoms with van der Waals surface area (Å²) in [5, 5.41) is 4.72. The third-order valence-electron chi connectivity index (χ3n) is 4.30. The lowest BCUT2D eigenvalue weighted by molar-refractivity contribution is 0.0778. The van der Waals surface area contributed by atoms with Gasteiger partial charge in [0.25, 0.3) is 5.91 Å². The molecule has 0 aliphatic heterocycles. The van der Waals surface area contributed by atoms with E-state index >= 15 is 0 Å². The fraction of sp³-hybridized carbons (Fsp3) is 0.211. The molecule has 0 atom stereocenters. The highest BCUT2D eigenvalue weighted by atomic mass is 32.1. The number of aryl methyl sites for hydroxylation is 2. The zero-order valence-electron chi connectivity index (χ0n) is 14.8. The second kappa shape index (κ2) is 6.66. The molecule has 132 valence electrons. The summed E-state index contributed by atoms with van der Waals surface area (Å²) in [7, 11) is 1.80. The molecule has 4 rings (SSSR count). The van der Waals surface area contributed by atoms with Gasteiger partial charge in [0.2, 0.25) is 0 Å². The number of hydrogen-bond acceptors (Lipinski definition) is 5. The predicted octanol–water partition coefficient (Wildman–Crippen LogP) is 4.41. The third kappa shape index (κ3) is 3.04. The van der Waals surface area contributed by atoms with Crippen LogP contribution in [0.15, 0.2) is 41.4 Å². The van der Waals surface area contributed by atoms with Crippen molar-refractivity contribution < 1.29 is 4.79 Å². The molecule has 0 fully saturated rings. The Morgan fingerprint density at radius 1 is 1.27 bits per heavy atom. The maximum Gasteiger partial charge on any atom is 0.271 e. The van der Waals surface area contributed by atoms with E-state index in [2.05, 4.69) is 37.0 Å². The first-order chi connectivity index (χ1) is 12.5. The van der Waals surface area contributed by atoms with E-state index in [0.717, 1.165) is 21.2 Å². The highest BCUT2D eigenvalue weighted by Crippen LogP contribution is 2.27. The van der Waals surface area contributed by atoms with Gasteiger partial charge in [0.05, 0.1) is 12.2 Å². The Balaban J connectivity index is 1.68. The van der Waals surface area contributed by atoms with Crippen LogP contribution in [-0.2, 0) is 6.54 Å². The molecule has 0 bridgehead atoms. The third-order valence-corrected chi connectivity index (χ3v) is 5.90. The summed E-state index contributed by atoms with van der Waals surface area (Å²) in [4.78, 5) is 24.4. The summed E-state index contributed by atoms with van der Waals surface area (Å²) in [5.74, 6) is -0.0311. The van der Waals surface area contributed by atoms with Crippen LogP contribution >= 0.6 is 22.7 Å². The predicted molar refractivity (Wildman–Crippen MR) is 106 cm³/mol. The van der Waals surface area contributed by atoms with Crippen LogP contribution in [0.25, 0.3) is 16.2 Å². The molecule has 0 spiro atoms. The van der Waals surface area contributed by atoms with E-state index in [1.54, 1.807) is 29.5 Å². The number of nitrogens with zero attached hydrogens (tertiary/aromatic N) is 4. The lowest BCUT2D eigenvalue weighted by Crippen LogP contribution is -2.27. The number of thiazole rings is 2. The standard InChI is InChI=1S/C19H18N4OS2/c1-12-4-5-13(2)14(8-12)15-9-23-16(11-26-19(23)21-15)18(24)22(3)10-17-20-6-7-25-17/h4-9,11H,10H2,1-3H3. The van der Waals surface area contributed by atoms with E-state index in [4.69, 9.17) is 4.98 Å². The Hall–Kier alpha value is -2.51. The number of fused-ring (bicyclic) bond motifs is 1. The zero-order chi connectivity index (χ0) is 18.3. The van der Waals surface area contributed by atoms with Crippen LogP contribution in [0.3, 0.4) is 0 Å². The van der Waals surface area contributed by atoms with Gasteiger partial charge < -0.3 is 4.90 Å². The van der Waals surface area contributed by atoms with Crippen molar-refractivity contribution in [1.82, 2.24) is 19.3 Å².